The molecule has 2 aromatic carbocycles. The second-order valence-electron chi connectivity index (χ2n) is 7.27. The highest BCUT2D eigenvalue weighted by Gasteiger charge is 2.12. The van der Waals surface area contributed by atoms with Crippen molar-refractivity contribution in [3.63, 3.8) is 0 Å². The zero-order valence-electron chi connectivity index (χ0n) is 17.2. The summed E-state index contributed by atoms with van der Waals surface area (Å²) in [7, 11) is 0. The van der Waals surface area contributed by atoms with Gasteiger partial charge in [-0.1, -0.05) is 54.6 Å². The lowest BCUT2D eigenvalue weighted by Gasteiger charge is -2.06. The standard InChI is InChI=1S/C25H24N4O/c1-18-23(19(2)29(28-18)17-20-8-4-3-5-9-20)16-27-24(30)14-13-22-11-6-10-21-12-7-15-26-25(21)22/h3-15H,16-17H2,1-2H3,(H,27,30)/b14-13+. The first-order valence-corrected chi connectivity index (χ1v) is 9.98. The van der Waals surface area contributed by atoms with Gasteiger partial charge in [-0.2, -0.15) is 5.10 Å². The van der Waals surface area contributed by atoms with Crippen molar-refractivity contribution in [3.05, 3.63) is 101 Å². The number of aromatic nitrogens is 3. The summed E-state index contributed by atoms with van der Waals surface area (Å²) in [5.41, 5.74) is 6.07. The lowest BCUT2D eigenvalue weighted by Crippen LogP contribution is -2.21. The molecule has 5 nitrogen and oxygen atoms in total. The van der Waals surface area contributed by atoms with Gasteiger partial charge < -0.3 is 5.32 Å². The predicted octanol–water partition coefficient (Wildman–Crippen LogP) is 4.43. The number of fused-ring (bicyclic) bond motifs is 1. The molecule has 0 saturated carbocycles. The summed E-state index contributed by atoms with van der Waals surface area (Å²) in [6, 6.07) is 20.1. The normalized spacial score (nSPS) is 11.3. The van der Waals surface area contributed by atoms with Gasteiger partial charge in [0, 0.05) is 41.0 Å². The van der Waals surface area contributed by atoms with Crippen molar-refractivity contribution in [3.8, 4) is 0 Å². The van der Waals surface area contributed by atoms with Crippen LogP contribution in [0.2, 0.25) is 0 Å². The summed E-state index contributed by atoms with van der Waals surface area (Å²) >= 11 is 0. The number of para-hydroxylation sites is 1. The van der Waals surface area contributed by atoms with Crippen LogP contribution in [0.15, 0.2) is 72.9 Å². The van der Waals surface area contributed by atoms with Crippen LogP contribution in [-0.2, 0) is 17.9 Å². The molecule has 0 aliphatic carbocycles. The van der Waals surface area contributed by atoms with Gasteiger partial charge in [-0.15, -0.1) is 0 Å². The molecule has 0 atom stereocenters. The third-order valence-corrected chi connectivity index (χ3v) is 5.22. The highest BCUT2D eigenvalue weighted by Crippen LogP contribution is 2.17. The average Bonchev–Trinajstić information content (AvgIpc) is 3.03. The number of amides is 1. The summed E-state index contributed by atoms with van der Waals surface area (Å²) in [4.78, 5) is 16.8. The number of benzene rings is 2. The molecule has 30 heavy (non-hydrogen) atoms. The smallest absolute Gasteiger partial charge is 0.244 e. The average molecular weight is 396 g/mol. The van der Waals surface area contributed by atoms with Gasteiger partial charge in [0.2, 0.25) is 5.91 Å². The summed E-state index contributed by atoms with van der Waals surface area (Å²) < 4.78 is 1.99. The molecule has 0 bridgehead atoms. The van der Waals surface area contributed by atoms with Crippen LogP contribution < -0.4 is 5.32 Å². The van der Waals surface area contributed by atoms with Crippen LogP contribution in [0.1, 0.15) is 28.1 Å². The van der Waals surface area contributed by atoms with Gasteiger partial charge in [0.15, 0.2) is 0 Å². The van der Waals surface area contributed by atoms with Crippen molar-refractivity contribution in [2.24, 2.45) is 0 Å². The summed E-state index contributed by atoms with van der Waals surface area (Å²) in [5, 5.41) is 8.68. The van der Waals surface area contributed by atoms with Crippen LogP contribution in [0.25, 0.3) is 17.0 Å². The van der Waals surface area contributed by atoms with Crippen molar-refractivity contribution in [2.75, 3.05) is 0 Å². The molecule has 2 heterocycles. The number of nitrogens with zero attached hydrogens (tertiary/aromatic N) is 3. The largest absolute Gasteiger partial charge is 0.348 e. The van der Waals surface area contributed by atoms with Gasteiger partial charge in [-0.05, 0) is 31.6 Å². The van der Waals surface area contributed by atoms with Crippen molar-refractivity contribution < 1.29 is 4.79 Å². The second-order valence-corrected chi connectivity index (χ2v) is 7.27. The number of hydrogen-bond donors (Lipinski definition) is 1. The molecule has 1 N–H and O–H groups in total. The minimum atomic E-state index is -0.141. The van der Waals surface area contributed by atoms with E-state index in [1.807, 2.05) is 73.1 Å². The van der Waals surface area contributed by atoms with Crippen molar-refractivity contribution in [1.82, 2.24) is 20.1 Å². The predicted molar refractivity (Wildman–Crippen MR) is 120 cm³/mol. The van der Waals surface area contributed by atoms with Gasteiger partial charge in [0.25, 0.3) is 0 Å². The van der Waals surface area contributed by atoms with Crippen LogP contribution in [0, 0.1) is 13.8 Å². The molecule has 0 fully saturated rings. The molecule has 5 heteroatoms. The number of carbonyl (C=O) groups is 1. The van der Waals surface area contributed by atoms with E-state index in [9.17, 15) is 4.79 Å². The number of carbonyl (C=O) groups excluding carboxylic acids is 1. The molecule has 2 aromatic heterocycles. The molecule has 0 saturated heterocycles. The molecule has 0 aliphatic rings. The topological polar surface area (TPSA) is 59.8 Å². The van der Waals surface area contributed by atoms with E-state index in [1.54, 1.807) is 12.3 Å². The Labute approximate surface area is 176 Å². The van der Waals surface area contributed by atoms with Gasteiger partial charge in [-0.3, -0.25) is 14.5 Å². The van der Waals surface area contributed by atoms with E-state index in [2.05, 4.69) is 27.5 Å². The summed E-state index contributed by atoms with van der Waals surface area (Å²) in [6.45, 7) is 5.19. The lowest BCUT2D eigenvalue weighted by atomic mass is 10.1. The number of aryl methyl sites for hydroxylation is 1. The molecule has 0 aliphatic heterocycles. The first-order chi connectivity index (χ1) is 14.6. The first kappa shape index (κ1) is 19.6. The van der Waals surface area contributed by atoms with Crippen molar-refractivity contribution >= 4 is 22.9 Å². The Kier molecular flexibility index (Phi) is 5.70. The molecule has 0 radical (unpaired) electrons. The molecular weight excluding hydrogens is 372 g/mol. The van der Waals surface area contributed by atoms with Crippen LogP contribution in [0.3, 0.4) is 0 Å². The van der Waals surface area contributed by atoms with Gasteiger partial charge in [-0.25, -0.2) is 0 Å². The maximum atomic E-state index is 12.4. The Morgan fingerprint density at radius 2 is 1.83 bits per heavy atom. The van der Waals surface area contributed by atoms with E-state index in [4.69, 9.17) is 0 Å². The lowest BCUT2D eigenvalue weighted by molar-refractivity contribution is -0.116. The Morgan fingerprint density at radius 1 is 1.03 bits per heavy atom. The monoisotopic (exact) mass is 396 g/mol. The Bertz CT molecular complexity index is 1200. The van der Waals surface area contributed by atoms with E-state index >= 15 is 0 Å². The Hall–Kier alpha value is -3.73. The zero-order valence-corrected chi connectivity index (χ0v) is 17.2. The van der Waals surface area contributed by atoms with Gasteiger partial charge in [0.05, 0.1) is 17.8 Å². The third kappa shape index (κ3) is 4.30. The SMILES string of the molecule is Cc1nn(Cc2ccccc2)c(C)c1CNC(=O)/C=C/c1cccc2cccnc12. The van der Waals surface area contributed by atoms with Crippen molar-refractivity contribution in [2.45, 2.75) is 26.9 Å². The van der Waals surface area contributed by atoms with E-state index in [1.165, 1.54) is 5.56 Å². The molecule has 1 amide bonds. The molecular formula is C25H24N4O. The summed E-state index contributed by atoms with van der Waals surface area (Å²) in [5.74, 6) is -0.141. The van der Waals surface area contributed by atoms with Crippen LogP contribution in [-0.4, -0.2) is 20.7 Å². The van der Waals surface area contributed by atoms with Gasteiger partial charge >= 0.3 is 0 Å². The number of hydrogen-bond acceptors (Lipinski definition) is 3. The highest BCUT2D eigenvalue weighted by molar-refractivity contribution is 5.95. The fraction of sp³-hybridized carbons (Fsp3) is 0.160. The Balaban J connectivity index is 1.43. The van der Waals surface area contributed by atoms with E-state index in [-0.39, 0.29) is 5.91 Å². The van der Waals surface area contributed by atoms with E-state index in [0.29, 0.717) is 6.54 Å². The third-order valence-electron chi connectivity index (χ3n) is 5.22. The van der Waals surface area contributed by atoms with E-state index < -0.39 is 0 Å². The van der Waals surface area contributed by atoms with E-state index in [0.717, 1.165) is 40.0 Å². The van der Waals surface area contributed by atoms with Crippen LogP contribution in [0.5, 0.6) is 0 Å². The maximum Gasteiger partial charge on any atom is 0.244 e. The number of pyridine rings is 1. The van der Waals surface area contributed by atoms with Crippen molar-refractivity contribution in [1.29, 1.82) is 0 Å². The zero-order chi connectivity index (χ0) is 20.9. The number of rotatable bonds is 6. The molecule has 0 unspecified atom stereocenters. The van der Waals surface area contributed by atoms with Crippen LogP contribution in [0.4, 0.5) is 0 Å². The molecule has 0 spiro atoms. The fourth-order valence-electron chi connectivity index (χ4n) is 3.56. The Morgan fingerprint density at radius 3 is 2.67 bits per heavy atom. The molecule has 4 rings (SSSR count). The minimum Gasteiger partial charge on any atom is -0.348 e. The fourth-order valence-corrected chi connectivity index (χ4v) is 3.56. The summed E-state index contributed by atoms with van der Waals surface area (Å²) in [6.07, 6.45) is 5.13. The second kappa shape index (κ2) is 8.74. The highest BCUT2D eigenvalue weighted by atomic mass is 16.1. The molecule has 150 valence electrons. The first-order valence-electron chi connectivity index (χ1n) is 9.98. The number of nitrogens with one attached hydrogen (secondary N) is 1. The molecule has 4 aromatic rings. The quantitative estimate of drug-likeness (QED) is 0.491. The minimum absolute atomic E-state index is 0.141. The van der Waals surface area contributed by atoms with Crippen LogP contribution >= 0.6 is 0 Å². The van der Waals surface area contributed by atoms with Gasteiger partial charge in [0.1, 0.15) is 0 Å². The maximum absolute atomic E-state index is 12.4.